The summed E-state index contributed by atoms with van der Waals surface area (Å²) in [7, 11) is 0. The van der Waals surface area contributed by atoms with E-state index >= 15 is 0 Å². The van der Waals surface area contributed by atoms with Crippen LogP contribution in [0.3, 0.4) is 0 Å². The number of ether oxygens (including phenoxy) is 1. The minimum atomic E-state index is -0.249. The molecule has 2 N–H and O–H groups in total. The lowest BCUT2D eigenvalue weighted by molar-refractivity contribution is 0.350. The fraction of sp³-hybridized carbons (Fsp3) is 0.150. The van der Waals surface area contributed by atoms with Gasteiger partial charge in [-0.3, -0.25) is 0 Å². The number of nitrogens with zero attached hydrogens (tertiary/aromatic N) is 1. The molecule has 24 heavy (non-hydrogen) atoms. The maximum atomic E-state index is 9.64. The number of allylic oxidation sites excluding steroid dienone is 2. The van der Waals surface area contributed by atoms with Crippen LogP contribution < -0.4 is 5.73 Å². The third-order valence-corrected chi connectivity index (χ3v) is 5.01. The number of halogens is 1. The van der Waals surface area contributed by atoms with Gasteiger partial charge in [0.2, 0.25) is 5.88 Å². The molecule has 1 aliphatic carbocycles. The van der Waals surface area contributed by atoms with Gasteiger partial charge in [-0.05, 0) is 35.6 Å². The van der Waals surface area contributed by atoms with Crippen molar-refractivity contribution in [2.45, 2.75) is 18.8 Å². The topological polar surface area (TPSA) is 59.0 Å². The predicted octanol–water partition coefficient (Wildman–Crippen LogP) is 4.51. The third-order valence-electron chi connectivity index (χ3n) is 4.67. The van der Waals surface area contributed by atoms with E-state index < -0.39 is 0 Å². The Morgan fingerprint density at radius 3 is 2.62 bits per heavy atom. The zero-order valence-corrected chi connectivity index (χ0v) is 13.7. The number of benzene rings is 2. The number of nitriles is 1. The minimum Gasteiger partial charge on any atom is -0.440 e. The molecule has 1 heterocycles. The molecule has 2 aromatic rings. The van der Waals surface area contributed by atoms with E-state index in [0.29, 0.717) is 10.6 Å². The van der Waals surface area contributed by atoms with Crippen molar-refractivity contribution in [1.29, 1.82) is 5.26 Å². The standard InChI is InChI=1S/C20H15ClN2O/c21-17-8-4-3-7-14(17)18-15-10-9-12-5-1-2-6-13(12)19(15)24-20(23)16(18)11-22/h1-8,18H,9-10,23H2/t18-/m0/s1. The minimum absolute atomic E-state index is 0.165. The average molecular weight is 335 g/mol. The van der Waals surface area contributed by atoms with Crippen LogP contribution in [0.2, 0.25) is 5.02 Å². The largest absolute Gasteiger partial charge is 0.440 e. The zero-order valence-electron chi connectivity index (χ0n) is 12.9. The fourth-order valence-corrected chi connectivity index (χ4v) is 3.81. The van der Waals surface area contributed by atoms with Gasteiger partial charge in [0.25, 0.3) is 0 Å². The van der Waals surface area contributed by atoms with Crippen molar-refractivity contribution in [3.05, 3.63) is 87.3 Å². The Hall–Kier alpha value is -2.70. The maximum absolute atomic E-state index is 9.64. The van der Waals surface area contributed by atoms with Gasteiger partial charge in [0.1, 0.15) is 17.4 Å². The van der Waals surface area contributed by atoms with E-state index in [4.69, 9.17) is 22.1 Å². The summed E-state index contributed by atoms with van der Waals surface area (Å²) in [5, 5.41) is 10.3. The lowest BCUT2D eigenvalue weighted by atomic mass is 9.76. The van der Waals surface area contributed by atoms with Crippen molar-refractivity contribution in [2.24, 2.45) is 5.73 Å². The van der Waals surface area contributed by atoms with E-state index in [1.54, 1.807) is 0 Å². The SMILES string of the molecule is N#CC1=C(N)OC2=C(CCc3ccccc32)[C@@H]1c1ccccc1Cl. The lowest BCUT2D eigenvalue weighted by Crippen LogP contribution is -2.23. The Kier molecular flexibility index (Phi) is 3.55. The summed E-state index contributed by atoms with van der Waals surface area (Å²) in [6.07, 6.45) is 1.73. The molecule has 4 rings (SSSR count). The smallest absolute Gasteiger partial charge is 0.205 e. The van der Waals surface area contributed by atoms with Crippen LogP contribution >= 0.6 is 11.6 Å². The highest BCUT2D eigenvalue weighted by molar-refractivity contribution is 6.31. The second-order valence-electron chi connectivity index (χ2n) is 5.96. The second-order valence-corrected chi connectivity index (χ2v) is 6.37. The van der Waals surface area contributed by atoms with Gasteiger partial charge < -0.3 is 10.5 Å². The van der Waals surface area contributed by atoms with Gasteiger partial charge in [-0.2, -0.15) is 5.26 Å². The van der Waals surface area contributed by atoms with Gasteiger partial charge >= 0.3 is 0 Å². The molecule has 0 saturated carbocycles. The van der Waals surface area contributed by atoms with E-state index in [1.165, 1.54) is 5.56 Å². The molecule has 0 amide bonds. The number of fused-ring (bicyclic) bond motifs is 2. The Labute approximate surface area is 145 Å². The average Bonchev–Trinajstić information content (AvgIpc) is 2.61. The molecule has 1 aliphatic heterocycles. The van der Waals surface area contributed by atoms with E-state index in [9.17, 15) is 5.26 Å². The normalized spacial score (nSPS) is 19.2. The molecule has 0 spiro atoms. The molecule has 1 atom stereocenters. The zero-order chi connectivity index (χ0) is 16.7. The highest BCUT2D eigenvalue weighted by Gasteiger charge is 2.36. The summed E-state index contributed by atoms with van der Waals surface area (Å²) in [5.74, 6) is 0.692. The molecule has 4 heteroatoms. The van der Waals surface area contributed by atoms with Crippen LogP contribution in [0.4, 0.5) is 0 Å². The van der Waals surface area contributed by atoms with E-state index in [0.717, 1.165) is 35.3 Å². The van der Waals surface area contributed by atoms with Gasteiger partial charge in [-0.1, -0.05) is 54.1 Å². The number of aryl methyl sites for hydroxylation is 1. The first-order valence-electron chi connectivity index (χ1n) is 7.84. The highest BCUT2D eigenvalue weighted by Crippen LogP contribution is 2.48. The molecule has 0 unspecified atom stereocenters. The van der Waals surface area contributed by atoms with E-state index in [1.807, 2.05) is 42.5 Å². The van der Waals surface area contributed by atoms with E-state index in [-0.39, 0.29) is 11.8 Å². The van der Waals surface area contributed by atoms with Crippen LogP contribution in [0.15, 0.2) is 65.6 Å². The van der Waals surface area contributed by atoms with Crippen LogP contribution in [-0.4, -0.2) is 0 Å². The van der Waals surface area contributed by atoms with Crippen molar-refractivity contribution in [2.75, 3.05) is 0 Å². The molecule has 0 bridgehead atoms. The van der Waals surface area contributed by atoms with Gasteiger partial charge in [-0.25, -0.2) is 0 Å². The quantitative estimate of drug-likeness (QED) is 0.835. The molecule has 3 nitrogen and oxygen atoms in total. The summed E-state index contributed by atoms with van der Waals surface area (Å²) in [5.41, 5.74) is 10.8. The first-order chi connectivity index (χ1) is 11.7. The van der Waals surface area contributed by atoms with E-state index in [2.05, 4.69) is 12.1 Å². The first-order valence-corrected chi connectivity index (χ1v) is 8.22. The summed E-state index contributed by atoms with van der Waals surface area (Å²) in [4.78, 5) is 0. The van der Waals surface area contributed by atoms with Gasteiger partial charge in [0.15, 0.2) is 0 Å². The molecule has 118 valence electrons. The van der Waals surface area contributed by atoms with Crippen LogP contribution in [0, 0.1) is 11.3 Å². The molecule has 0 aromatic heterocycles. The summed E-state index contributed by atoms with van der Waals surface area (Å²) < 4.78 is 5.88. The van der Waals surface area contributed by atoms with Gasteiger partial charge in [0, 0.05) is 10.6 Å². The van der Waals surface area contributed by atoms with Crippen LogP contribution in [0.5, 0.6) is 0 Å². The Morgan fingerprint density at radius 2 is 1.83 bits per heavy atom. The van der Waals surface area contributed by atoms with Crippen LogP contribution in [0.25, 0.3) is 5.76 Å². The Bertz CT molecular complexity index is 937. The summed E-state index contributed by atoms with van der Waals surface area (Å²) in [6.45, 7) is 0. The fourth-order valence-electron chi connectivity index (χ4n) is 3.57. The number of rotatable bonds is 1. The summed E-state index contributed by atoms with van der Waals surface area (Å²) >= 11 is 6.42. The van der Waals surface area contributed by atoms with Crippen LogP contribution in [-0.2, 0) is 11.2 Å². The third kappa shape index (κ3) is 2.19. The molecule has 2 aromatic carbocycles. The van der Waals surface area contributed by atoms with Crippen molar-refractivity contribution in [3.63, 3.8) is 0 Å². The molecule has 0 saturated heterocycles. The van der Waals surface area contributed by atoms with Crippen molar-refractivity contribution >= 4 is 17.4 Å². The lowest BCUT2D eigenvalue weighted by Gasteiger charge is -2.33. The summed E-state index contributed by atoms with van der Waals surface area (Å²) in [6, 6.07) is 18.0. The molecule has 0 radical (unpaired) electrons. The monoisotopic (exact) mass is 334 g/mol. The van der Waals surface area contributed by atoms with Gasteiger partial charge in [0.05, 0.1) is 5.92 Å². The predicted molar refractivity (Wildman–Crippen MR) is 93.8 cm³/mol. The highest BCUT2D eigenvalue weighted by atomic mass is 35.5. The van der Waals surface area contributed by atoms with Gasteiger partial charge in [-0.15, -0.1) is 0 Å². The number of nitrogens with two attached hydrogens (primary N) is 1. The molecule has 2 aliphatic rings. The second kappa shape index (κ2) is 5.74. The molecule has 0 fully saturated rings. The molecular weight excluding hydrogens is 320 g/mol. The van der Waals surface area contributed by atoms with Crippen LogP contribution in [0.1, 0.15) is 29.0 Å². The Morgan fingerprint density at radius 1 is 1.08 bits per heavy atom. The maximum Gasteiger partial charge on any atom is 0.205 e. The number of hydrogen-bond acceptors (Lipinski definition) is 3. The van der Waals surface area contributed by atoms with Crippen molar-refractivity contribution in [3.8, 4) is 6.07 Å². The van der Waals surface area contributed by atoms with Crippen molar-refractivity contribution in [1.82, 2.24) is 0 Å². The number of hydrogen-bond donors (Lipinski definition) is 1. The Balaban J connectivity index is 1.96. The van der Waals surface area contributed by atoms with Crippen molar-refractivity contribution < 1.29 is 4.74 Å². The first kappa shape index (κ1) is 14.9. The molecular formula is C20H15ClN2O.